The van der Waals surface area contributed by atoms with Crippen LogP contribution in [0, 0.1) is 5.41 Å². The highest BCUT2D eigenvalue weighted by molar-refractivity contribution is 9.10. The van der Waals surface area contributed by atoms with Gasteiger partial charge in [0.2, 0.25) is 5.91 Å². The monoisotopic (exact) mass is 340 g/mol. The minimum Gasteiger partial charge on any atom is -0.385 e. The molecule has 1 saturated carbocycles. The van der Waals surface area contributed by atoms with Crippen LogP contribution in [0.2, 0.25) is 0 Å². The maximum Gasteiger partial charge on any atom is 0.238 e. The molecule has 0 heterocycles. The molecule has 0 bridgehead atoms. The van der Waals surface area contributed by atoms with Crippen LogP contribution in [0.4, 0.5) is 5.69 Å². The number of carbonyl (C=O) groups excluding carboxylic acids is 1. The molecule has 0 unspecified atom stereocenters. The van der Waals surface area contributed by atoms with Gasteiger partial charge in [0, 0.05) is 30.4 Å². The average Bonchev–Trinajstić information content (AvgIpc) is 3.20. The highest BCUT2D eigenvalue weighted by atomic mass is 79.9. The molecule has 1 aromatic carbocycles. The zero-order valence-corrected chi connectivity index (χ0v) is 13.3. The summed E-state index contributed by atoms with van der Waals surface area (Å²) in [7, 11) is 1.73. The smallest absolute Gasteiger partial charge is 0.238 e. The molecule has 1 amide bonds. The van der Waals surface area contributed by atoms with Crippen molar-refractivity contribution in [3.63, 3.8) is 0 Å². The maximum absolute atomic E-state index is 11.8. The van der Waals surface area contributed by atoms with Crippen molar-refractivity contribution in [1.29, 1.82) is 0 Å². The Morgan fingerprint density at radius 1 is 1.35 bits per heavy atom. The lowest BCUT2D eigenvalue weighted by molar-refractivity contribution is -0.115. The molecule has 5 heteroatoms. The normalized spacial score (nSPS) is 15.9. The van der Waals surface area contributed by atoms with Crippen molar-refractivity contribution < 1.29 is 9.53 Å². The predicted octanol–water partition coefficient (Wildman–Crippen LogP) is 2.79. The first-order valence-electron chi connectivity index (χ1n) is 6.89. The van der Waals surface area contributed by atoms with Gasteiger partial charge in [-0.3, -0.25) is 4.79 Å². The summed E-state index contributed by atoms with van der Waals surface area (Å²) in [6, 6.07) is 7.58. The minimum absolute atomic E-state index is 0.00476. The quantitative estimate of drug-likeness (QED) is 0.765. The molecule has 2 rings (SSSR count). The molecule has 2 N–H and O–H groups in total. The van der Waals surface area contributed by atoms with E-state index in [0.29, 0.717) is 12.0 Å². The third-order valence-electron chi connectivity index (χ3n) is 3.71. The molecule has 1 fully saturated rings. The second kappa shape index (κ2) is 7.20. The largest absolute Gasteiger partial charge is 0.385 e. The number of anilines is 1. The highest BCUT2D eigenvalue weighted by Crippen LogP contribution is 2.48. The van der Waals surface area contributed by atoms with Gasteiger partial charge in [0.25, 0.3) is 0 Å². The summed E-state index contributed by atoms with van der Waals surface area (Å²) in [6.07, 6.45) is 3.54. The molecular formula is C15H21BrN2O2. The second-order valence-electron chi connectivity index (χ2n) is 5.40. The Labute approximate surface area is 128 Å². The van der Waals surface area contributed by atoms with Gasteiger partial charge in [-0.1, -0.05) is 15.9 Å². The summed E-state index contributed by atoms with van der Waals surface area (Å²) in [5.74, 6) is -0.00476. The Morgan fingerprint density at radius 3 is 2.65 bits per heavy atom. The van der Waals surface area contributed by atoms with Crippen molar-refractivity contribution >= 4 is 27.5 Å². The summed E-state index contributed by atoms with van der Waals surface area (Å²) in [4.78, 5) is 11.8. The molecule has 110 valence electrons. The summed E-state index contributed by atoms with van der Waals surface area (Å²) >= 11 is 3.37. The molecule has 1 aromatic rings. The first-order valence-corrected chi connectivity index (χ1v) is 7.68. The Hall–Kier alpha value is -0.910. The van der Waals surface area contributed by atoms with Crippen molar-refractivity contribution in [2.75, 3.05) is 32.1 Å². The SMILES string of the molecule is COCCC1(CNCC(=O)Nc2ccc(Br)cc2)CC1. The van der Waals surface area contributed by atoms with E-state index in [1.165, 1.54) is 12.8 Å². The first kappa shape index (κ1) is 15.5. The van der Waals surface area contributed by atoms with Crippen molar-refractivity contribution in [2.24, 2.45) is 5.41 Å². The fraction of sp³-hybridized carbons (Fsp3) is 0.533. The van der Waals surface area contributed by atoms with Crippen LogP contribution < -0.4 is 10.6 Å². The number of methoxy groups -OCH3 is 1. The van der Waals surface area contributed by atoms with Crippen LogP contribution in [-0.2, 0) is 9.53 Å². The van der Waals surface area contributed by atoms with Gasteiger partial charge in [0.1, 0.15) is 0 Å². The topological polar surface area (TPSA) is 50.4 Å². The summed E-state index contributed by atoms with van der Waals surface area (Å²) in [6.45, 7) is 2.04. The molecule has 0 atom stereocenters. The molecule has 20 heavy (non-hydrogen) atoms. The molecule has 4 nitrogen and oxygen atoms in total. The summed E-state index contributed by atoms with van der Waals surface area (Å²) < 4.78 is 6.13. The number of benzene rings is 1. The van der Waals surface area contributed by atoms with Crippen molar-refractivity contribution in [3.8, 4) is 0 Å². The van der Waals surface area contributed by atoms with Gasteiger partial charge >= 0.3 is 0 Å². The number of carbonyl (C=O) groups is 1. The number of nitrogens with one attached hydrogen (secondary N) is 2. The molecule has 0 aromatic heterocycles. The number of rotatable bonds is 8. The van der Waals surface area contributed by atoms with Crippen LogP contribution in [0.5, 0.6) is 0 Å². The van der Waals surface area contributed by atoms with E-state index in [0.717, 1.165) is 29.7 Å². The van der Waals surface area contributed by atoms with Gasteiger partial charge in [-0.05, 0) is 48.9 Å². The highest BCUT2D eigenvalue weighted by Gasteiger charge is 2.41. The fourth-order valence-electron chi connectivity index (χ4n) is 2.19. The van der Waals surface area contributed by atoms with Crippen LogP contribution in [0.3, 0.4) is 0 Å². The standard InChI is InChI=1S/C15H21BrN2O2/c1-20-9-8-15(6-7-15)11-17-10-14(19)18-13-4-2-12(16)3-5-13/h2-5,17H,6-11H2,1H3,(H,18,19). The van der Waals surface area contributed by atoms with Crippen LogP contribution in [0.1, 0.15) is 19.3 Å². The summed E-state index contributed by atoms with van der Waals surface area (Å²) in [5.41, 5.74) is 1.19. The Balaban J connectivity index is 1.66. The van der Waals surface area contributed by atoms with Gasteiger partial charge in [0.05, 0.1) is 6.54 Å². The van der Waals surface area contributed by atoms with Crippen LogP contribution >= 0.6 is 15.9 Å². The third-order valence-corrected chi connectivity index (χ3v) is 4.24. The van der Waals surface area contributed by atoms with Crippen LogP contribution in [-0.4, -0.2) is 32.7 Å². The van der Waals surface area contributed by atoms with Crippen molar-refractivity contribution in [2.45, 2.75) is 19.3 Å². The third kappa shape index (κ3) is 4.89. The molecule has 1 aliphatic carbocycles. The lowest BCUT2D eigenvalue weighted by Crippen LogP contribution is -2.32. The van der Waals surface area contributed by atoms with E-state index in [4.69, 9.17) is 4.74 Å². The molecule has 0 aliphatic heterocycles. The second-order valence-corrected chi connectivity index (χ2v) is 6.32. The zero-order chi connectivity index (χ0) is 14.4. The van der Waals surface area contributed by atoms with Gasteiger partial charge in [0.15, 0.2) is 0 Å². The Morgan fingerprint density at radius 2 is 2.05 bits per heavy atom. The lowest BCUT2D eigenvalue weighted by atomic mass is 10.0. The van der Waals surface area contributed by atoms with E-state index in [1.54, 1.807) is 7.11 Å². The number of halogens is 1. The van der Waals surface area contributed by atoms with E-state index in [9.17, 15) is 4.79 Å². The Bertz CT molecular complexity index is 444. The van der Waals surface area contributed by atoms with Gasteiger partial charge in [-0.25, -0.2) is 0 Å². The molecular weight excluding hydrogens is 320 g/mol. The minimum atomic E-state index is -0.00476. The van der Waals surface area contributed by atoms with Crippen LogP contribution in [0.25, 0.3) is 0 Å². The number of hydrogen-bond donors (Lipinski definition) is 2. The predicted molar refractivity (Wildman–Crippen MR) is 83.8 cm³/mol. The van der Waals surface area contributed by atoms with Crippen molar-refractivity contribution in [3.05, 3.63) is 28.7 Å². The zero-order valence-electron chi connectivity index (χ0n) is 11.7. The number of hydrogen-bond acceptors (Lipinski definition) is 3. The Kier molecular flexibility index (Phi) is 5.57. The lowest BCUT2D eigenvalue weighted by Gasteiger charge is -2.15. The van der Waals surface area contributed by atoms with E-state index < -0.39 is 0 Å². The van der Waals surface area contributed by atoms with Gasteiger partial charge < -0.3 is 15.4 Å². The average molecular weight is 341 g/mol. The van der Waals surface area contributed by atoms with E-state index in [1.807, 2.05) is 24.3 Å². The molecule has 0 spiro atoms. The fourth-order valence-corrected chi connectivity index (χ4v) is 2.45. The summed E-state index contributed by atoms with van der Waals surface area (Å²) in [5, 5.41) is 6.12. The van der Waals surface area contributed by atoms with Crippen LogP contribution in [0.15, 0.2) is 28.7 Å². The molecule has 0 saturated heterocycles. The van der Waals surface area contributed by atoms with Gasteiger partial charge in [-0.2, -0.15) is 0 Å². The maximum atomic E-state index is 11.8. The van der Waals surface area contributed by atoms with Gasteiger partial charge in [-0.15, -0.1) is 0 Å². The number of amides is 1. The van der Waals surface area contributed by atoms with E-state index >= 15 is 0 Å². The number of ether oxygens (including phenoxy) is 1. The van der Waals surface area contributed by atoms with Crippen molar-refractivity contribution in [1.82, 2.24) is 5.32 Å². The molecule has 1 aliphatic rings. The van der Waals surface area contributed by atoms with E-state index in [-0.39, 0.29) is 5.91 Å². The molecule has 0 radical (unpaired) electrons. The van der Waals surface area contributed by atoms with E-state index in [2.05, 4.69) is 26.6 Å². The first-order chi connectivity index (χ1) is 9.63.